The van der Waals surface area contributed by atoms with E-state index in [9.17, 15) is 44.4 Å². The molecule has 2 heterocycles. The summed E-state index contributed by atoms with van der Waals surface area (Å²) in [7, 11) is 1.31. The van der Waals surface area contributed by atoms with Gasteiger partial charge in [0.25, 0.3) is 11.8 Å². The molecule has 4 unspecified atom stereocenters. The average molecular weight is 673 g/mol. The molecule has 6 N–H and O–H groups in total. The van der Waals surface area contributed by atoms with Crippen LogP contribution in [0, 0.1) is 0 Å². The first kappa shape index (κ1) is 32.6. The van der Waals surface area contributed by atoms with E-state index in [1.165, 1.54) is 37.4 Å². The number of nitrogens with zero attached hydrogens (tertiary/aromatic N) is 1. The fourth-order valence-corrected chi connectivity index (χ4v) is 7.28. The number of hydrogen-bond acceptors (Lipinski definition) is 13. The predicted molar refractivity (Wildman–Crippen MR) is 166 cm³/mol. The van der Waals surface area contributed by atoms with Crippen LogP contribution in [0.4, 0.5) is 0 Å². The molecule has 7 rings (SSSR count). The largest absolute Gasteiger partial charge is 0.507 e. The summed E-state index contributed by atoms with van der Waals surface area (Å²) in [6, 6.07) is 9.55. The first-order chi connectivity index (χ1) is 23.3. The third-order valence-corrected chi connectivity index (χ3v) is 9.84. The van der Waals surface area contributed by atoms with Gasteiger partial charge in [-0.3, -0.25) is 28.9 Å². The number of aliphatic hydroxyl groups excluding tert-OH is 1. The molecule has 49 heavy (non-hydrogen) atoms. The predicted octanol–water partition coefficient (Wildman–Crippen LogP) is 1.31. The highest BCUT2D eigenvalue weighted by Gasteiger charge is 2.51. The number of methoxy groups -OCH3 is 1. The standard InChI is InChI=1S/C35H32N2O12/c1-14-28(39)19(36)10-23(48-14)49-21-12-35(46,22(38)13-37-33(44)15-6-3-4-7-16(15)34(37)45)11-18-25(21)32(43)27-26(30(18)41)29(40)17-8-5-9-20(47-2)24(17)31(27)42/h3-9,14,19,21,23,28,39,41,43,46H,10-13,36H2,1-2H3/t14?,19?,21-,23?,28?,35-/m0/s1. The van der Waals surface area contributed by atoms with Crippen molar-refractivity contribution in [3.05, 3.63) is 87.0 Å². The Morgan fingerprint density at radius 3 is 2.22 bits per heavy atom. The van der Waals surface area contributed by atoms with Gasteiger partial charge in [-0.2, -0.15) is 0 Å². The van der Waals surface area contributed by atoms with Gasteiger partial charge in [0.05, 0.1) is 59.8 Å². The molecule has 2 aliphatic heterocycles. The highest BCUT2D eigenvalue weighted by atomic mass is 16.7. The fraction of sp³-hybridized carbons (Fsp3) is 0.343. The SMILES string of the molecule is COc1cccc2c1C(=O)c1c(O)c3c(c(O)c1C2=O)C[C@@](O)(C(=O)CN1C(=O)c2ccccc2C1=O)C[C@@H]3OC1CC(N)C(O)C(C)O1. The summed E-state index contributed by atoms with van der Waals surface area (Å²) >= 11 is 0. The maximum absolute atomic E-state index is 13.9. The number of ether oxygens (including phenoxy) is 3. The normalized spacial score (nSPS) is 27.4. The van der Waals surface area contributed by atoms with Crippen LogP contribution in [0.2, 0.25) is 0 Å². The van der Waals surface area contributed by atoms with E-state index in [1.807, 2.05) is 0 Å². The number of hydrogen-bond donors (Lipinski definition) is 5. The Labute approximate surface area is 278 Å². The van der Waals surface area contributed by atoms with Gasteiger partial charge in [-0.25, -0.2) is 0 Å². The number of benzene rings is 3. The zero-order chi connectivity index (χ0) is 35.1. The van der Waals surface area contributed by atoms with Crippen LogP contribution >= 0.6 is 0 Å². The number of aliphatic hydroxyl groups is 2. The summed E-state index contributed by atoms with van der Waals surface area (Å²) in [5.41, 5.74) is 2.17. The van der Waals surface area contributed by atoms with Crippen LogP contribution in [-0.2, 0) is 20.7 Å². The molecule has 3 aromatic carbocycles. The molecule has 0 bridgehead atoms. The lowest BCUT2D eigenvalue weighted by Gasteiger charge is -2.42. The molecule has 3 aromatic rings. The molecule has 14 heteroatoms. The topological polar surface area (TPSA) is 223 Å². The number of phenols is 2. The van der Waals surface area contributed by atoms with Crippen molar-refractivity contribution in [2.24, 2.45) is 5.73 Å². The third kappa shape index (κ3) is 4.86. The minimum absolute atomic E-state index is 0.0432. The molecular formula is C35H32N2O12. The summed E-state index contributed by atoms with van der Waals surface area (Å²) in [6.45, 7) is 0.729. The summed E-state index contributed by atoms with van der Waals surface area (Å²) in [4.78, 5) is 68.5. The number of phenolic OH excluding ortho intramolecular Hbond substituents is 2. The molecule has 0 radical (unpaired) electrons. The van der Waals surface area contributed by atoms with E-state index in [0.29, 0.717) is 4.90 Å². The van der Waals surface area contributed by atoms with Crippen molar-refractivity contribution < 1.29 is 58.6 Å². The van der Waals surface area contributed by atoms with Gasteiger partial charge in [0.15, 0.2) is 17.9 Å². The number of ketones is 3. The molecule has 0 saturated carbocycles. The number of imide groups is 1. The number of aromatic hydroxyl groups is 2. The van der Waals surface area contributed by atoms with Gasteiger partial charge in [-0.15, -0.1) is 0 Å². The zero-order valence-corrected chi connectivity index (χ0v) is 26.3. The van der Waals surface area contributed by atoms with Crippen molar-refractivity contribution >= 4 is 29.2 Å². The number of carbonyl (C=O) groups excluding carboxylic acids is 5. The second-order valence-electron chi connectivity index (χ2n) is 12.7. The van der Waals surface area contributed by atoms with E-state index < -0.39 is 107 Å². The van der Waals surface area contributed by atoms with E-state index in [1.54, 1.807) is 19.1 Å². The van der Waals surface area contributed by atoms with E-state index in [2.05, 4.69) is 0 Å². The number of Topliss-reactive ketones (excluding diaryl/α,β-unsaturated/α-hetero) is 1. The van der Waals surface area contributed by atoms with Crippen LogP contribution < -0.4 is 10.5 Å². The van der Waals surface area contributed by atoms with E-state index in [4.69, 9.17) is 19.9 Å². The Bertz CT molecular complexity index is 1940. The Morgan fingerprint density at radius 1 is 0.959 bits per heavy atom. The molecular weight excluding hydrogens is 640 g/mol. The van der Waals surface area contributed by atoms with Crippen molar-refractivity contribution in [1.82, 2.24) is 4.90 Å². The van der Waals surface area contributed by atoms with E-state index in [-0.39, 0.29) is 45.6 Å². The van der Waals surface area contributed by atoms with Crippen LogP contribution in [0.15, 0.2) is 42.5 Å². The van der Waals surface area contributed by atoms with Crippen LogP contribution in [0.5, 0.6) is 17.2 Å². The minimum atomic E-state index is -2.42. The van der Waals surface area contributed by atoms with Crippen LogP contribution in [0.1, 0.15) is 89.6 Å². The number of carbonyl (C=O) groups is 5. The lowest BCUT2D eigenvalue weighted by Crippen LogP contribution is -2.53. The van der Waals surface area contributed by atoms with Gasteiger partial charge in [-0.1, -0.05) is 24.3 Å². The van der Waals surface area contributed by atoms with Gasteiger partial charge in [-0.05, 0) is 25.1 Å². The Hall–Kier alpha value is -4.99. The van der Waals surface area contributed by atoms with Gasteiger partial charge in [0.2, 0.25) is 5.78 Å². The molecule has 4 aliphatic rings. The lowest BCUT2D eigenvalue weighted by atomic mass is 9.71. The first-order valence-electron chi connectivity index (χ1n) is 15.6. The third-order valence-electron chi connectivity index (χ3n) is 9.84. The smallest absolute Gasteiger partial charge is 0.261 e. The van der Waals surface area contributed by atoms with Crippen molar-refractivity contribution in [3.8, 4) is 17.2 Å². The van der Waals surface area contributed by atoms with Gasteiger partial charge < -0.3 is 40.4 Å². The molecule has 2 amide bonds. The second-order valence-corrected chi connectivity index (χ2v) is 12.7. The molecule has 1 saturated heterocycles. The lowest BCUT2D eigenvalue weighted by molar-refractivity contribution is -0.247. The number of nitrogens with two attached hydrogens (primary N) is 1. The number of rotatable bonds is 6. The molecule has 0 aromatic heterocycles. The van der Waals surface area contributed by atoms with Crippen LogP contribution in [0.25, 0.3) is 0 Å². The quantitative estimate of drug-likeness (QED) is 0.144. The number of fused-ring (bicyclic) bond motifs is 4. The Kier molecular flexibility index (Phi) is 7.68. The summed E-state index contributed by atoms with van der Waals surface area (Å²) in [5.74, 6) is -5.49. The highest BCUT2D eigenvalue weighted by molar-refractivity contribution is 6.31. The highest BCUT2D eigenvalue weighted by Crippen LogP contribution is 2.52. The maximum atomic E-state index is 13.9. The summed E-state index contributed by atoms with van der Waals surface area (Å²) in [5, 5.41) is 45.8. The second kappa shape index (κ2) is 11.6. The average Bonchev–Trinajstić information content (AvgIpc) is 3.31. The van der Waals surface area contributed by atoms with Crippen LogP contribution in [0.3, 0.4) is 0 Å². The maximum Gasteiger partial charge on any atom is 0.261 e. The van der Waals surface area contributed by atoms with E-state index in [0.717, 1.165) is 0 Å². The van der Waals surface area contributed by atoms with Crippen LogP contribution in [-0.4, -0.2) is 98.3 Å². The Balaban J connectivity index is 1.32. The first-order valence-corrected chi connectivity index (χ1v) is 15.6. The van der Waals surface area contributed by atoms with Gasteiger partial charge >= 0.3 is 0 Å². The van der Waals surface area contributed by atoms with Crippen molar-refractivity contribution in [2.75, 3.05) is 13.7 Å². The van der Waals surface area contributed by atoms with Crippen molar-refractivity contribution in [2.45, 2.75) is 62.4 Å². The van der Waals surface area contributed by atoms with E-state index >= 15 is 0 Å². The van der Waals surface area contributed by atoms with Gasteiger partial charge in [0.1, 0.15) is 22.8 Å². The molecule has 0 spiro atoms. The minimum Gasteiger partial charge on any atom is -0.507 e. The monoisotopic (exact) mass is 672 g/mol. The summed E-state index contributed by atoms with van der Waals surface area (Å²) in [6.07, 6.45) is -5.72. The molecule has 14 nitrogen and oxygen atoms in total. The summed E-state index contributed by atoms with van der Waals surface area (Å²) < 4.78 is 17.3. The zero-order valence-electron chi connectivity index (χ0n) is 26.3. The van der Waals surface area contributed by atoms with Crippen molar-refractivity contribution in [3.63, 3.8) is 0 Å². The van der Waals surface area contributed by atoms with Crippen molar-refractivity contribution in [1.29, 1.82) is 0 Å². The fourth-order valence-electron chi connectivity index (χ4n) is 7.28. The molecule has 2 aliphatic carbocycles. The molecule has 254 valence electrons. The Morgan fingerprint density at radius 2 is 1.59 bits per heavy atom. The number of amides is 2. The van der Waals surface area contributed by atoms with Gasteiger partial charge in [0, 0.05) is 42.0 Å². The molecule has 6 atom stereocenters. The molecule has 1 fully saturated rings.